The zero-order valence-corrected chi connectivity index (χ0v) is 12.1. The summed E-state index contributed by atoms with van der Waals surface area (Å²) in [5.74, 6) is 0. The molecule has 2 aromatic carbocycles. The third kappa shape index (κ3) is 3.79. The van der Waals surface area contributed by atoms with E-state index in [2.05, 4.69) is 17.4 Å². The van der Waals surface area contributed by atoms with E-state index in [0.717, 1.165) is 10.9 Å². The first-order chi connectivity index (χ1) is 9.52. The van der Waals surface area contributed by atoms with Gasteiger partial charge in [-0.05, 0) is 42.7 Å². The van der Waals surface area contributed by atoms with E-state index in [1.807, 2.05) is 44.2 Å². The molecule has 0 spiro atoms. The summed E-state index contributed by atoms with van der Waals surface area (Å²) in [6.45, 7) is 4.67. The lowest BCUT2D eigenvalue weighted by Gasteiger charge is -2.27. The molecule has 1 unspecified atom stereocenters. The average Bonchev–Trinajstić information content (AvgIpc) is 2.44. The van der Waals surface area contributed by atoms with Gasteiger partial charge in [0.25, 0.3) is 0 Å². The maximum atomic E-state index is 10.3. The summed E-state index contributed by atoms with van der Waals surface area (Å²) in [5, 5.41) is 24.9. The molecule has 2 rings (SSSR count). The number of hydrogen-bond acceptors (Lipinski definition) is 3. The summed E-state index contributed by atoms with van der Waals surface area (Å²) in [6.07, 6.45) is 0.120. The molecular formula is C17H23NO2. The van der Waals surface area contributed by atoms with E-state index in [4.69, 9.17) is 5.11 Å². The molecule has 108 valence electrons. The van der Waals surface area contributed by atoms with Gasteiger partial charge in [0.15, 0.2) is 0 Å². The van der Waals surface area contributed by atoms with Crippen LogP contribution < -0.4 is 5.32 Å². The molecule has 3 heteroatoms. The van der Waals surface area contributed by atoms with Crippen LogP contribution >= 0.6 is 0 Å². The highest BCUT2D eigenvalue weighted by atomic mass is 16.3. The van der Waals surface area contributed by atoms with Gasteiger partial charge < -0.3 is 15.5 Å². The van der Waals surface area contributed by atoms with E-state index in [9.17, 15) is 5.11 Å². The highest BCUT2D eigenvalue weighted by Crippen LogP contribution is 2.20. The van der Waals surface area contributed by atoms with Crippen molar-refractivity contribution in [3.05, 3.63) is 48.0 Å². The Hall–Kier alpha value is -1.42. The van der Waals surface area contributed by atoms with Crippen molar-refractivity contribution in [1.29, 1.82) is 0 Å². The largest absolute Gasteiger partial charge is 0.396 e. The first kappa shape index (κ1) is 15.0. The predicted molar refractivity (Wildman–Crippen MR) is 82.7 cm³/mol. The molecule has 0 bridgehead atoms. The van der Waals surface area contributed by atoms with Crippen molar-refractivity contribution in [2.75, 3.05) is 13.2 Å². The summed E-state index contributed by atoms with van der Waals surface area (Å²) in [4.78, 5) is 0. The van der Waals surface area contributed by atoms with Crippen LogP contribution in [0.1, 0.15) is 31.9 Å². The van der Waals surface area contributed by atoms with Crippen molar-refractivity contribution in [3.63, 3.8) is 0 Å². The van der Waals surface area contributed by atoms with Crippen molar-refractivity contribution < 1.29 is 10.2 Å². The highest BCUT2D eigenvalue weighted by molar-refractivity contribution is 5.83. The predicted octanol–water partition coefficient (Wildman–Crippen LogP) is 2.62. The second kappa shape index (κ2) is 6.35. The third-order valence-corrected chi connectivity index (χ3v) is 3.67. The molecule has 0 amide bonds. The molecule has 2 aromatic rings. The van der Waals surface area contributed by atoms with Gasteiger partial charge in [0.05, 0.1) is 6.10 Å². The normalized spacial score (nSPS) is 13.6. The molecule has 0 saturated carbocycles. The van der Waals surface area contributed by atoms with Crippen LogP contribution in [0.25, 0.3) is 10.8 Å². The van der Waals surface area contributed by atoms with Crippen molar-refractivity contribution in [1.82, 2.24) is 5.32 Å². The number of hydrogen-bond donors (Lipinski definition) is 3. The Bertz CT molecular complexity index is 566. The Kier molecular flexibility index (Phi) is 4.76. The fourth-order valence-corrected chi connectivity index (χ4v) is 2.27. The molecular weight excluding hydrogens is 250 g/mol. The van der Waals surface area contributed by atoms with E-state index in [-0.39, 0.29) is 12.1 Å². The Morgan fingerprint density at radius 1 is 1.10 bits per heavy atom. The second-order valence-electron chi connectivity index (χ2n) is 5.86. The maximum absolute atomic E-state index is 10.3. The van der Waals surface area contributed by atoms with Crippen molar-refractivity contribution in [3.8, 4) is 0 Å². The van der Waals surface area contributed by atoms with E-state index >= 15 is 0 Å². The topological polar surface area (TPSA) is 52.5 Å². The number of nitrogens with one attached hydrogen (secondary N) is 1. The van der Waals surface area contributed by atoms with Crippen LogP contribution in [0.15, 0.2) is 42.5 Å². The molecule has 0 heterocycles. The van der Waals surface area contributed by atoms with Crippen LogP contribution in [-0.2, 0) is 0 Å². The van der Waals surface area contributed by atoms with Gasteiger partial charge in [-0.3, -0.25) is 0 Å². The minimum Gasteiger partial charge on any atom is -0.396 e. The molecule has 0 saturated heterocycles. The second-order valence-corrected chi connectivity index (χ2v) is 5.86. The van der Waals surface area contributed by atoms with E-state index in [0.29, 0.717) is 13.0 Å². The van der Waals surface area contributed by atoms with Crippen molar-refractivity contribution in [2.45, 2.75) is 31.9 Å². The van der Waals surface area contributed by atoms with Crippen LogP contribution in [0, 0.1) is 0 Å². The first-order valence-corrected chi connectivity index (χ1v) is 7.04. The fourth-order valence-electron chi connectivity index (χ4n) is 2.27. The first-order valence-electron chi connectivity index (χ1n) is 7.04. The van der Waals surface area contributed by atoms with Crippen molar-refractivity contribution >= 4 is 10.8 Å². The van der Waals surface area contributed by atoms with Crippen LogP contribution in [-0.4, -0.2) is 28.9 Å². The van der Waals surface area contributed by atoms with Gasteiger partial charge in [0.1, 0.15) is 0 Å². The summed E-state index contributed by atoms with van der Waals surface area (Å²) in [5.41, 5.74) is 0.739. The number of aliphatic hydroxyl groups is 2. The minimum absolute atomic E-state index is 0.145. The average molecular weight is 273 g/mol. The molecule has 0 fully saturated rings. The molecule has 1 atom stereocenters. The van der Waals surface area contributed by atoms with Crippen LogP contribution in [0.2, 0.25) is 0 Å². The van der Waals surface area contributed by atoms with E-state index in [1.54, 1.807) is 0 Å². The number of β-amino-alcohol motifs (C(OH)–C–C–N with tert-alkyl or cyclic N) is 1. The Morgan fingerprint density at radius 2 is 1.80 bits per heavy atom. The van der Waals surface area contributed by atoms with E-state index < -0.39 is 6.10 Å². The summed E-state index contributed by atoms with van der Waals surface area (Å²) in [7, 11) is 0. The summed E-state index contributed by atoms with van der Waals surface area (Å²) in [6, 6.07) is 14.2. The Labute approximate surface area is 120 Å². The molecule has 0 aliphatic carbocycles. The third-order valence-electron chi connectivity index (χ3n) is 3.67. The zero-order valence-electron chi connectivity index (χ0n) is 12.1. The highest BCUT2D eigenvalue weighted by Gasteiger charge is 2.18. The molecule has 0 aliphatic heterocycles. The van der Waals surface area contributed by atoms with Gasteiger partial charge in [0.2, 0.25) is 0 Å². The molecule has 0 aromatic heterocycles. The van der Waals surface area contributed by atoms with Gasteiger partial charge >= 0.3 is 0 Å². The molecule has 3 nitrogen and oxygen atoms in total. The lowest BCUT2D eigenvalue weighted by atomic mass is 9.99. The van der Waals surface area contributed by atoms with Gasteiger partial charge in [-0.1, -0.05) is 36.4 Å². The molecule has 3 N–H and O–H groups in total. The number of aliphatic hydroxyl groups excluding tert-OH is 2. The van der Waals surface area contributed by atoms with Gasteiger partial charge in [-0.25, -0.2) is 0 Å². The summed E-state index contributed by atoms with van der Waals surface area (Å²) < 4.78 is 0. The lowest BCUT2D eigenvalue weighted by Crippen LogP contribution is -2.42. The Morgan fingerprint density at radius 3 is 2.50 bits per heavy atom. The molecule has 0 aliphatic rings. The zero-order chi connectivity index (χ0) is 14.6. The van der Waals surface area contributed by atoms with Crippen LogP contribution in [0.3, 0.4) is 0 Å². The SMILES string of the molecule is CC(C)(CCO)NCC(O)c1ccc2ccccc2c1. The van der Waals surface area contributed by atoms with Gasteiger partial charge in [-0.15, -0.1) is 0 Å². The van der Waals surface area contributed by atoms with Gasteiger partial charge in [0, 0.05) is 18.7 Å². The monoisotopic (exact) mass is 273 g/mol. The lowest BCUT2D eigenvalue weighted by molar-refractivity contribution is 0.151. The van der Waals surface area contributed by atoms with Crippen molar-refractivity contribution in [2.24, 2.45) is 0 Å². The quantitative estimate of drug-likeness (QED) is 0.758. The van der Waals surface area contributed by atoms with Gasteiger partial charge in [-0.2, -0.15) is 0 Å². The maximum Gasteiger partial charge on any atom is 0.0914 e. The Balaban J connectivity index is 2.05. The number of benzene rings is 2. The smallest absolute Gasteiger partial charge is 0.0914 e. The van der Waals surface area contributed by atoms with Crippen LogP contribution in [0.5, 0.6) is 0 Å². The molecule has 0 radical (unpaired) electrons. The van der Waals surface area contributed by atoms with E-state index in [1.165, 1.54) is 5.39 Å². The number of rotatable bonds is 6. The standard InChI is InChI=1S/C17H23NO2/c1-17(2,9-10-19)18-12-16(20)15-8-7-13-5-3-4-6-14(13)11-15/h3-8,11,16,18-20H,9-10,12H2,1-2H3. The molecule has 20 heavy (non-hydrogen) atoms. The fraction of sp³-hybridized carbons (Fsp3) is 0.412. The van der Waals surface area contributed by atoms with Crippen LogP contribution in [0.4, 0.5) is 0 Å². The number of fused-ring (bicyclic) bond motifs is 1. The summed E-state index contributed by atoms with van der Waals surface area (Å²) >= 11 is 0. The minimum atomic E-state index is -0.544.